The Morgan fingerprint density at radius 2 is 2.21 bits per heavy atom. The van der Waals surface area contributed by atoms with Gasteiger partial charge in [-0.1, -0.05) is 0 Å². The van der Waals surface area contributed by atoms with Crippen LogP contribution in [0.1, 0.15) is 6.42 Å². The molecule has 1 aromatic heterocycles. The van der Waals surface area contributed by atoms with Crippen LogP contribution in [0.15, 0.2) is 12.3 Å². The maximum absolute atomic E-state index is 11.5. The normalized spacial score (nSPS) is 11.9. The molecule has 0 amide bonds. The molecule has 1 heterocycles. The molecule has 0 spiro atoms. The number of hydrogen-bond donors (Lipinski definition) is 1. The topological polar surface area (TPSA) is 53.1 Å². The van der Waals surface area contributed by atoms with Gasteiger partial charge in [0.05, 0.1) is 6.61 Å². The van der Waals surface area contributed by atoms with Gasteiger partial charge in [0.15, 0.2) is 0 Å². The van der Waals surface area contributed by atoms with E-state index in [4.69, 9.17) is 5.73 Å². The van der Waals surface area contributed by atoms with Crippen molar-refractivity contribution in [3.63, 3.8) is 0 Å². The summed E-state index contributed by atoms with van der Waals surface area (Å²) in [5.74, 6) is 0.349. The van der Waals surface area contributed by atoms with E-state index in [1.54, 1.807) is 12.3 Å². The zero-order valence-corrected chi connectivity index (χ0v) is 7.29. The summed E-state index contributed by atoms with van der Waals surface area (Å²) < 4.78 is 39.6. The lowest BCUT2D eigenvalue weighted by Crippen LogP contribution is -2.15. The van der Waals surface area contributed by atoms with Gasteiger partial charge in [0, 0.05) is 12.7 Å². The van der Waals surface area contributed by atoms with Gasteiger partial charge in [0.1, 0.15) is 5.82 Å². The van der Waals surface area contributed by atoms with Crippen LogP contribution < -0.4 is 5.73 Å². The number of halogens is 3. The van der Waals surface area contributed by atoms with Crippen LogP contribution in [0.4, 0.5) is 19.0 Å². The Labute approximate surface area is 78.4 Å². The van der Waals surface area contributed by atoms with E-state index in [0.717, 1.165) is 0 Å². The number of hydrogen-bond acceptors (Lipinski definition) is 3. The highest BCUT2D eigenvalue weighted by Crippen LogP contribution is 2.16. The Hall–Kier alpha value is -1.24. The second-order valence-electron chi connectivity index (χ2n) is 2.65. The molecule has 0 saturated heterocycles. The second kappa shape index (κ2) is 4.32. The van der Waals surface area contributed by atoms with Gasteiger partial charge in [-0.3, -0.25) is 9.42 Å². The van der Waals surface area contributed by atoms with E-state index in [1.807, 2.05) is 0 Å². The fourth-order valence-electron chi connectivity index (χ4n) is 0.916. The Kier molecular flexibility index (Phi) is 3.34. The van der Waals surface area contributed by atoms with Gasteiger partial charge in [-0.05, 0) is 12.5 Å². The summed E-state index contributed by atoms with van der Waals surface area (Å²) in [4.78, 5) is 0. The standard InChI is InChI=1S/C7H10F3N3O/c8-7(9,10)14-5-1-3-13-4-2-6(11)12-13/h2,4H,1,3,5H2,(H2,11,12). The van der Waals surface area contributed by atoms with E-state index in [2.05, 4.69) is 9.84 Å². The third-order valence-corrected chi connectivity index (χ3v) is 1.46. The van der Waals surface area contributed by atoms with Gasteiger partial charge in [-0.2, -0.15) is 5.10 Å². The molecule has 0 bridgehead atoms. The summed E-state index contributed by atoms with van der Waals surface area (Å²) in [7, 11) is 0. The van der Waals surface area contributed by atoms with E-state index in [0.29, 0.717) is 12.4 Å². The molecule has 0 aromatic carbocycles. The molecule has 0 aliphatic rings. The van der Waals surface area contributed by atoms with Crippen molar-refractivity contribution in [3.8, 4) is 0 Å². The number of nitrogen functional groups attached to an aromatic ring is 1. The van der Waals surface area contributed by atoms with E-state index < -0.39 is 6.36 Å². The highest BCUT2D eigenvalue weighted by molar-refractivity contribution is 5.23. The van der Waals surface area contributed by atoms with Crippen molar-refractivity contribution >= 4 is 5.82 Å². The number of ether oxygens (including phenoxy) is 1. The van der Waals surface area contributed by atoms with Crippen LogP contribution in [0.5, 0.6) is 0 Å². The molecule has 0 saturated carbocycles. The third kappa shape index (κ3) is 4.13. The number of rotatable bonds is 4. The van der Waals surface area contributed by atoms with Crippen LogP contribution in [0.25, 0.3) is 0 Å². The van der Waals surface area contributed by atoms with Crippen molar-refractivity contribution in [2.75, 3.05) is 12.3 Å². The lowest BCUT2D eigenvalue weighted by Gasteiger charge is -2.06. The molecule has 14 heavy (non-hydrogen) atoms. The van der Waals surface area contributed by atoms with Crippen LogP contribution in [0.2, 0.25) is 0 Å². The highest BCUT2D eigenvalue weighted by Gasteiger charge is 2.28. The van der Waals surface area contributed by atoms with Gasteiger partial charge >= 0.3 is 6.36 Å². The molecular weight excluding hydrogens is 199 g/mol. The molecule has 0 aliphatic heterocycles. The average Bonchev–Trinajstić information content (AvgIpc) is 2.44. The lowest BCUT2D eigenvalue weighted by molar-refractivity contribution is -0.324. The zero-order chi connectivity index (χ0) is 10.6. The summed E-state index contributed by atoms with van der Waals surface area (Å²) >= 11 is 0. The predicted molar refractivity (Wildman–Crippen MR) is 43.3 cm³/mol. The molecule has 2 N–H and O–H groups in total. The molecule has 0 aliphatic carbocycles. The largest absolute Gasteiger partial charge is 0.522 e. The Bertz CT molecular complexity index is 284. The average molecular weight is 209 g/mol. The Morgan fingerprint density at radius 1 is 1.50 bits per heavy atom. The number of nitrogens with zero attached hydrogens (tertiary/aromatic N) is 2. The van der Waals surface area contributed by atoms with E-state index in [-0.39, 0.29) is 13.0 Å². The molecule has 0 radical (unpaired) electrons. The van der Waals surface area contributed by atoms with E-state index in [9.17, 15) is 13.2 Å². The molecule has 1 aromatic rings. The minimum atomic E-state index is -4.55. The van der Waals surface area contributed by atoms with Crippen molar-refractivity contribution in [3.05, 3.63) is 12.3 Å². The van der Waals surface area contributed by atoms with Gasteiger partial charge < -0.3 is 5.73 Å². The first-order valence-electron chi connectivity index (χ1n) is 3.97. The van der Waals surface area contributed by atoms with E-state index in [1.165, 1.54) is 4.68 Å². The number of nitrogens with two attached hydrogens (primary N) is 1. The molecule has 0 atom stereocenters. The number of anilines is 1. The SMILES string of the molecule is Nc1ccn(CCCOC(F)(F)F)n1. The van der Waals surface area contributed by atoms with Crippen LogP contribution in [-0.2, 0) is 11.3 Å². The summed E-state index contributed by atoms with van der Waals surface area (Å²) in [6.45, 7) is -0.0173. The monoisotopic (exact) mass is 209 g/mol. The maximum Gasteiger partial charge on any atom is 0.522 e. The molecular formula is C7H10F3N3O. The van der Waals surface area contributed by atoms with Crippen molar-refractivity contribution in [1.82, 2.24) is 9.78 Å². The van der Waals surface area contributed by atoms with Gasteiger partial charge in [0.25, 0.3) is 0 Å². The maximum atomic E-state index is 11.5. The second-order valence-corrected chi connectivity index (χ2v) is 2.65. The van der Waals surface area contributed by atoms with Crippen LogP contribution >= 0.6 is 0 Å². The highest BCUT2D eigenvalue weighted by atomic mass is 19.4. The molecule has 4 nitrogen and oxygen atoms in total. The number of aryl methyl sites for hydroxylation is 1. The Morgan fingerprint density at radius 3 is 2.71 bits per heavy atom. The van der Waals surface area contributed by atoms with Crippen LogP contribution in [-0.4, -0.2) is 22.7 Å². The number of aromatic nitrogens is 2. The van der Waals surface area contributed by atoms with E-state index >= 15 is 0 Å². The molecule has 0 fully saturated rings. The molecule has 7 heteroatoms. The minimum Gasteiger partial charge on any atom is -0.382 e. The predicted octanol–water partition coefficient (Wildman–Crippen LogP) is 1.39. The minimum absolute atomic E-state index is 0.237. The number of alkyl halides is 3. The van der Waals surface area contributed by atoms with Crippen molar-refractivity contribution < 1.29 is 17.9 Å². The molecule has 1 rings (SSSR count). The molecule has 80 valence electrons. The Balaban J connectivity index is 2.16. The fraction of sp³-hybridized carbons (Fsp3) is 0.571. The summed E-state index contributed by atoms with van der Waals surface area (Å²) in [5.41, 5.74) is 5.31. The van der Waals surface area contributed by atoms with Gasteiger partial charge in [-0.25, -0.2) is 0 Å². The van der Waals surface area contributed by atoms with Crippen LogP contribution in [0.3, 0.4) is 0 Å². The van der Waals surface area contributed by atoms with Crippen molar-refractivity contribution in [2.24, 2.45) is 0 Å². The smallest absolute Gasteiger partial charge is 0.382 e. The van der Waals surface area contributed by atoms with Gasteiger partial charge in [0.2, 0.25) is 0 Å². The lowest BCUT2D eigenvalue weighted by atomic mass is 10.4. The summed E-state index contributed by atoms with van der Waals surface area (Å²) in [5, 5.41) is 3.80. The molecule has 0 unspecified atom stereocenters. The summed E-state index contributed by atoms with van der Waals surface area (Å²) in [6.07, 6.45) is -2.72. The summed E-state index contributed by atoms with van der Waals surface area (Å²) in [6, 6.07) is 1.57. The quantitative estimate of drug-likeness (QED) is 0.762. The van der Waals surface area contributed by atoms with Crippen LogP contribution in [0, 0.1) is 0 Å². The third-order valence-electron chi connectivity index (χ3n) is 1.46. The van der Waals surface area contributed by atoms with Gasteiger partial charge in [-0.15, -0.1) is 13.2 Å². The first kappa shape index (κ1) is 10.8. The van der Waals surface area contributed by atoms with Crippen molar-refractivity contribution in [1.29, 1.82) is 0 Å². The fourth-order valence-corrected chi connectivity index (χ4v) is 0.916. The first-order chi connectivity index (χ1) is 6.47. The zero-order valence-electron chi connectivity index (χ0n) is 7.29. The van der Waals surface area contributed by atoms with Crippen molar-refractivity contribution in [2.45, 2.75) is 19.3 Å². The first-order valence-corrected chi connectivity index (χ1v) is 3.97.